The number of carbonyl (C=O) groups excluding carboxylic acids is 1. The highest BCUT2D eigenvalue weighted by atomic mass is 79.9. The zero-order valence-electron chi connectivity index (χ0n) is 9.23. The van der Waals surface area contributed by atoms with Crippen LogP contribution in [0.5, 0.6) is 0 Å². The van der Waals surface area contributed by atoms with E-state index in [9.17, 15) is 13.2 Å². The Bertz CT molecular complexity index is 502. The molecule has 0 aliphatic carbocycles. The Morgan fingerprint density at radius 2 is 2.00 bits per heavy atom. The predicted molar refractivity (Wildman–Crippen MR) is 69.3 cm³/mol. The molecule has 0 spiro atoms. The highest BCUT2D eigenvalue weighted by Gasteiger charge is 2.11. The van der Waals surface area contributed by atoms with Crippen molar-refractivity contribution >= 4 is 31.9 Å². The van der Waals surface area contributed by atoms with Gasteiger partial charge in [0.1, 0.15) is 0 Å². The lowest BCUT2D eigenvalue weighted by molar-refractivity contribution is 0.0955. The van der Waals surface area contributed by atoms with Gasteiger partial charge in [0.05, 0.1) is 11.3 Å². The molecule has 0 radical (unpaired) electrons. The Morgan fingerprint density at radius 1 is 1.35 bits per heavy atom. The van der Waals surface area contributed by atoms with Crippen LogP contribution in [-0.2, 0) is 10.0 Å². The Balaban J connectivity index is 2.55. The van der Waals surface area contributed by atoms with Crippen LogP contribution < -0.4 is 10.0 Å². The Kier molecular flexibility index (Phi) is 5.10. The average Bonchev–Trinajstić information content (AvgIpc) is 2.29. The molecule has 0 heterocycles. The van der Waals surface area contributed by atoms with Gasteiger partial charge in [-0.1, -0.05) is 12.1 Å². The van der Waals surface area contributed by atoms with E-state index < -0.39 is 10.0 Å². The maximum Gasteiger partial charge on any atom is 0.252 e. The Labute approximate surface area is 109 Å². The van der Waals surface area contributed by atoms with Crippen molar-refractivity contribution in [2.24, 2.45) is 0 Å². The molecule has 94 valence electrons. The summed E-state index contributed by atoms with van der Waals surface area (Å²) in [5.41, 5.74) is 0.481. The highest BCUT2D eigenvalue weighted by molar-refractivity contribution is 9.10. The van der Waals surface area contributed by atoms with E-state index in [-0.39, 0.29) is 18.2 Å². The zero-order valence-corrected chi connectivity index (χ0v) is 11.6. The normalized spacial score (nSPS) is 11.2. The summed E-state index contributed by atoms with van der Waals surface area (Å²) in [4.78, 5) is 11.7. The van der Waals surface area contributed by atoms with E-state index in [0.29, 0.717) is 10.0 Å². The number of hydrogen-bond donors (Lipinski definition) is 2. The predicted octanol–water partition coefficient (Wildman–Crippen LogP) is 0.728. The molecule has 0 saturated carbocycles. The van der Waals surface area contributed by atoms with Gasteiger partial charge in [-0.05, 0) is 35.1 Å². The lowest BCUT2D eigenvalue weighted by atomic mass is 10.2. The van der Waals surface area contributed by atoms with Crippen molar-refractivity contribution in [3.05, 3.63) is 34.3 Å². The molecule has 0 aliphatic heterocycles. The number of benzene rings is 1. The lowest BCUT2D eigenvalue weighted by Gasteiger charge is -2.06. The Morgan fingerprint density at radius 3 is 2.59 bits per heavy atom. The van der Waals surface area contributed by atoms with Crippen molar-refractivity contribution in [1.29, 1.82) is 0 Å². The van der Waals surface area contributed by atoms with Gasteiger partial charge in [0.25, 0.3) is 5.91 Å². The minimum atomic E-state index is -3.28. The van der Waals surface area contributed by atoms with E-state index in [2.05, 4.69) is 26.0 Å². The molecule has 0 aliphatic rings. The van der Waals surface area contributed by atoms with Crippen LogP contribution in [-0.4, -0.2) is 33.7 Å². The molecular formula is C10H13BrN2O3S. The molecule has 17 heavy (non-hydrogen) atoms. The van der Waals surface area contributed by atoms with Crippen LogP contribution in [0.4, 0.5) is 0 Å². The molecule has 0 bridgehead atoms. The fourth-order valence-electron chi connectivity index (χ4n) is 1.14. The number of nitrogens with one attached hydrogen (secondary N) is 2. The fourth-order valence-corrected chi connectivity index (χ4v) is 2.18. The van der Waals surface area contributed by atoms with Crippen molar-refractivity contribution in [1.82, 2.24) is 10.0 Å². The van der Waals surface area contributed by atoms with Crippen LogP contribution in [0.3, 0.4) is 0 Å². The third kappa shape index (κ3) is 4.45. The van der Waals surface area contributed by atoms with Crippen LogP contribution in [0.25, 0.3) is 0 Å². The van der Waals surface area contributed by atoms with Crippen LogP contribution in [0.2, 0.25) is 0 Å². The molecule has 1 rings (SSSR count). The monoisotopic (exact) mass is 320 g/mol. The van der Waals surface area contributed by atoms with Crippen molar-refractivity contribution in [3.63, 3.8) is 0 Å². The summed E-state index contributed by atoms with van der Waals surface area (Å²) < 4.78 is 25.1. The van der Waals surface area contributed by atoms with Crippen molar-refractivity contribution in [2.75, 3.05) is 19.3 Å². The molecule has 2 N–H and O–H groups in total. The van der Waals surface area contributed by atoms with Crippen molar-refractivity contribution in [3.8, 4) is 0 Å². The first-order valence-corrected chi connectivity index (χ1v) is 7.35. The topological polar surface area (TPSA) is 75.3 Å². The third-order valence-corrected chi connectivity index (χ3v) is 4.14. The smallest absolute Gasteiger partial charge is 0.252 e. The summed E-state index contributed by atoms with van der Waals surface area (Å²) in [6.07, 6.45) is 0. The van der Waals surface area contributed by atoms with Gasteiger partial charge < -0.3 is 5.32 Å². The number of sulfonamides is 1. The number of hydrogen-bond acceptors (Lipinski definition) is 3. The molecule has 1 aromatic rings. The van der Waals surface area contributed by atoms with E-state index in [4.69, 9.17) is 0 Å². The number of carbonyl (C=O) groups is 1. The maximum atomic E-state index is 11.7. The fraction of sp³-hybridized carbons (Fsp3) is 0.300. The van der Waals surface area contributed by atoms with Crippen LogP contribution in [0.15, 0.2) is 28.7 Å². The first-order valence-electron chi connectivity index (χ1n) is 4.90. The van der Waals surface area contributed by atoms with Crippen LogP contribution >= 0.6 is 15.9 Å². The molecule has 1 aromatic carbocycles. The molecule has 5 nitrogen and oxygen atoms in total. The minimum absolute atomic E-state index is 0.0728. The van der Waals surface area contributed by atoms with Crippen LogP contribution in [0, 0.1) is 0 Å². The van der Waals surface area contributed by atoms with Gasteiger partial charge in [0.2, 0.25) is 10.0 Å². The third-order valence-electron chi connectivity index (χ3n) is 2.09. The van der Waals surface area contributed by atoms with Gasteiger partial charge in [-0.2, -0.15) is 0 Å². The molecule has 0 unspecified atom stereocenters. The summed E-state index contributed by atoms with van der Waals surface area (Å²) in [5, 5.41) is 2.54. The number of halogens is 1. The highest BCUT2D eigenvalue weighted by Crippen LogP contribution is 2.15. The maximum absolute atomic E-state index is 11.7. The first kappa shape index (κ1) is 14.1. The van der Waals surface area contributed by atoms with Crippen molar-refractivity contribution in [2.45, 2.75) is 0 Å². The molecule has 7 heteroatoms. The Hall–Kier alpha value is -0.920. The summed E-state index contributed by atoms with van der Waals surface area (Å²) in [6.45, 7) is 0.0728. The second kappa shape index (κ2) is 6.13. The van der Waals surface area contributed by atoms with Gasteiger partial charge in [0, 0.05) is 11.0 Å². The average molecular weight is 321 g/mol. The van der Waals surface area contributed by atoms with E-state index in [1.54, 1.807) is 24.3 Å². The van der Waals surface area contributed by atoms with Gasteiger partial charge in [-0.15, -0.1) is 0 Å². The van der Waals surface area contributed by atoms with Gasteiger partial charge >= 0.3 is 0 Å². The lowest BCUT2D eigenvalue weighted by Crippen LogP contribution is -2.33. The largest absolute Gasteiger partial charge is 0.351 e. The van der Waals surface area contributed by atoms with E-state index >= 15 is 0 Å². The quantitative estimate of drug-likeness (QED) is 0.839. The van der Waals surface area contributed by atoms with Gasteiger partial charge in [-0.25, -0.2) is 13.1 Å². The van der Waals surface area contributed by atoms with Crippen molar-refractivity contribution < 1.29 is 13.2 Å². The second-order valence-corrected chi connectivity index (χ2v) is 6.16. The molecule has 0 atom stereocenters. The SMILES string of the molecule is CNS(=O)(=O)CCNC(=O)c1ccccc1Br. The molecule has 0 aromatic heterocycles. The number of rotatable bonds is 5. The summed E-state index contributed by atoms with van der Waals surface area (Å²) in [7, 11) is -1.95. The van der Waals surface area contributed by atoms with E-state index in [1.165, 1.54) is 7.05 Å². The number of amides is 1. The minimum Gasteiger partial charge on any atom is -0.351 e. The van der Waals surface area contributed by atoms with Crippen LogP contribution in [0.1, 0.15) is 10.4 Å². The first-order chi connectivity index (χ1) is 7.96. The van der Waals surface area contributed by atoms with E-state index in [1.807, 2.05) is 0 Å². The zero-order chi connectivity index (χ0) is 12.9. The molecule has 0 fully saturated rings. The molecular weight excluding hydrogens is 308 g/mol. The standard InChI is InChI=1S/C10H13BrN2O3S/c1-12-17(15,16)7-6-13-10(14)8-4-2-3-5-9(8)11/h2-5,12H,6-7H2,1H3,(H,13,14). The molecule has 1 amide bonds. The second-order valence-electron chi connectivity index (χ2n) is 3.26. The van der Waals surface area contributed by atoms with Gasteiger partial charge in [0.15, 0.2) is 0 Å². The summed E-state index contributed by atoms with van der Waals surface area (Å²) >= 11 is 3.25. The summed E-state index contributed by atoms with van der Waals surface area (Å²) in [6, 6.07) is 6.95. The van der Waals surface area contributed by atoms with E-state index in [0.717, 1.165) is 0 Å². The van der Waals surface area contributed by atoms with Gasteiger partial charge in [-0.3, -0.25) is 4.79 Å². The molecule has 0 saturated heterocycles. The summed E-state index contributed by atoms with van der Waals surface area (Å²) in [5.74, 6) is -0.441.